The molecule has 0 heterocycles. The Morgan fingerprint density at radius 2 is 1.62 bits per heavy atom. The molecule has 0 heteroatoms. The fourth-order valence-corrected chi connectivity index (χ4v) is 1.91. The van der Waals surface area contributed by atoms with Crippen molar-refractivity contribution in [3.63, 3.8) is 0 Å². The van der Waals surface area contributed by atoms with Crippen molar-refractivity contribution < 1.29 is 0 Å². The number of allylic oxidation sites excluding steroid dienone is 2. The average Bonchev–Trinajstić information content (AvgIpc) is 2.32. The molecule has 16 heavy (non-hydrogen) atoms. The van der Waals surface area contributed by atoms with E-state index in [4.69, 9.17) is 0 Å². The largest absolute Gasteiger partial charge is 0.0885 e. The van der Waals surface area contributed by atoms with E-state index in [1.54, 1.807) is 0 Å². The van der Waals surface area contributed by atoms with E-state index in [0.29, 0.717) is 0 Å². The molecule has 0 aliphatic carbocycles. The molecule has 0 aromatic carbocycles. The maximum Gasteiger partial charge on any atom is -0.0348 e. The molecule has 0 N–H and O–H groups in total. The molecule has 0 spiro atoms. The summed E-state index contributed by atoms with van der Waals surface area (Å²) >= 11 is 0. The Morgan fingerprint density at radius 3 is 2.25 bits per heavy atom. The first kappa shape index (κ1) is 15.7. The summed E-state index contributed by atoms with van der Waals surface area (Å²) in [4.78, 5) is 0. The number of hydrogen-bond acceptors (Lipinski definition) is 0. The van der Waals surface area contributed by atoms with Crippen LogP contribution in [0.4, 0.5) is 0 Å². The van der Waals surface area contributed by atoms with Gasteiger partial charge in [0.1, 0.15) is 0 Å². The van der Waals surface area contributed by atoms with Gasteiger partial charge in [0.2, 0.25) is 0 Å². The fourth-order valence-electron chi connectivity index (χ4n) is 1.91. The summed E-state index contributed by atoms with van der Waals surface area (Å²) < 4.78 is 0. The topological polar surface area (TPSA) is 0 Å². The lowest BCUT2D eigenvalue weighted by Gasteiger charge is -2.09. The summed E-state index contributed by atoms with van der Waals surface area (Å²) in [6, 6.07) is 0. The van der Waals surface area contributed by atoms with Gasteiger partial charge in [-0.1, -0.05) is 71.4 Å². The third-order valence-electron chi connectivity index (χ3n) is 3.26. The minimum atomic E-state index is 0.835. The highest BCUT2D eigenvalue weighted by atomic mass is 14.1. The van der Waals surface area contributed by atoms with Crippen LogP contribution in [-0.4, -0.2) is 0 Å². The van der Waals surface area contributed by atoms with Gasteiger partial charge in [-0.05, 0) is 31.6 Å². The minimum Gasteiger partial charge on any atom is -0.0885 e. The molecule has 0 bridgehead atoms. The lowest BCUT2D eigenvalue weighted by atomic mass is 9.97. The van der Waals surface area contributed by atoms with E-state index in [1.807, 2.05) is 0 Å². The van der Waals surface area contributed by atoms with Crippen molar-refractivity contribution in [1.29, 1.82) is 0 Å². The van der Waals surface area contributed by atoms with Gasteiger partial charge < -0.3 is 0 Å². The number of hydrogen-bond donors (Lipinski definition) is 0. The molecule has 0 aromatic rings. The van der Waals surface area contributed by atoms with Crippen LogP contribution >= 0.6 is 0 Å². The fraction of sp³-hybridized carbons (Fsp3) is 0.750. The summed E-state index contributed by atoms with van der Waals surface area (Å²) in [6.07, 6.45) is 17.4. The molecular weight excluding hydrogens is 192 g/mol. The second-order valence-corrected chi connectivity index (χ2v) is 4.67. The maximum absolute atomic E-state index is 3.98. The number of rotatable bonds is 11. The second-order valence-electron chi connectivity index (χ2n) is 4.67. The molecule has 94 valence electrons. The summed E-state index contributed by atoms with van der Waals surface area (Å²) in [7, 11) is 0. The van der Waals surface area contributed by atoms with Crippen LogP contribution < -0.4 is 0 Å². The smallest absolute Gasteiger partial charge is 0.0348 e. The third kappa shape index (κ3) is 10.3. The van der Waals surface area contributed by atoms with E-state index in [9.17, 15) is 0 Å². The first-order valence-corrected chi connectivity index (χ1v) is 7.08. The van der Waals surface area contributed by atoms with Crippen LogP contribution in [0.15, 0.2) is 12.2 Å². The van der Waals surface area contributed by atoms with Crippen LogP contribution in [0, 0.1) is 19.8 Å². The van der Waals surface area contributed by atoms with E-state index in [0.717, 1.165) is 18.8 Å². The predicted octanol–water partition coefficient (Wildman–Crippen LogP) is 5.75. The SMILES string of the molecule is [CH2]CCCCCC/C=C/CCC(C[CH2])CC. The Morgan fingerprint density at radius 1 is 0.938 bits per heavy atom. The quantitative estimate of drug-likeness (QED) is 0.308. The highest BCUT2D eigenvalue weighted by Gasteiger charge is 2.00. The lowest BCUT2D eigenvalue weighted by molar-refractivity contribution is 0.479. The number of unbranched alkanes of at least 4 members (excludes halogenated alkanes) is 5. The van der Waals surface area contributed by atoms with Crippen molar-refractivity contribution in [2.45, 2.75) is 71.1 Å². The van der Waals surface area contributed by atoms with Crippen LogP contribution in [0.25, 0.3) is 0 Å². The van der Waals surface area contributed by atoms with Crippen LogP contribution in [0.2, 0.25) is 0 Å². The molecule has 0 saturated heterocycles. The minimum absolute atomic E-state index is 0.835. The zero-order valence-corrected chi connectivity index (χ0v) is 11.2. The van der Waals surface area contributed by atoms with Crippen molar-refractivity contribution in [2.75, 3.05) is 0 Å². The Hall–Kier alpha value is -0.260. The van der Waals surface area contributed by atoms with Gasteiger partial charge in [0.05, 0.1) is 0 Å². The molecule has 2 radical (unpaired) electrons. The van der Waals surface area contributed by atoms with E-state index in [2.05, 4.69) is 32.9 Å². The van der Waals surface area contributed by atoms with Gasteiger partial charge in [-0.2, -0.15) is 0 Å². The Kier molecular flexibility index (Phi) is 12.6. The average molecular weight is 222 g/mol. The molecule has 1 unspecified atom stereocenters. The lowest BCUT2D eigenvalue weighted by Crippen LogP contribution is -1.95. The van der Waals surface area contributed by atoms with Gasteiger partial charge in [-0.25, -0.2) is 0 Å². The molecule has 0 aliphatic rings. The molecule has 0 aliphatic heterocycles. The van der Waals surface area contributed by atoms with Crippen LogP contribution in [0.5, 0.6) is 0 Å². The van der Waals surface area contributed by atoms with Crippen LogP contribution in [0.1, 0.15) is 71.1 Å². The first-order chi connectivity index (χ1) is 7.85. The molecule has 0 rings (SSSR count). The zero-order valence-electron chi connectivity index (χ0n) is 11.2. The Labute approximate surface area is 104 Å². The van der Waals surface area contributed by atoms with Gasteiger partial charge in [0.25, 0.3) is 0 Å². The first-order valence-electron chi connectivity index (χ1n) is 7.08. The Bertz CT molecular complexity index is 142. The van der Waals surface area contributed by atoms with E-state index >= 15 is 0 Å². The second kappa shape index (κ2) is 12.8. The monoisotopic (exact) mass is 222 g/mol. The van der Waals surface area contributed by atoms with E-state index < -0.39 is 0 Å². The highest BCUT2D eigenvalue weighted by Crippen LogP contribution is 2.14. The molecule has 0 saturated carbocycles. The summed E-state index contributed by atoms with van der Waals surface area (Å²) in [6.45, 7) is 10.1. The van der Waals surface area contributed by atoms with Crippen molar-refractivity contribution in [2.24, 2.45) is 5.92 Å². The van der Waals surface area contributed by atoms with Crippen LogP contribution in [0.3, 0.4) is 0 Å². The molecule has 0 fully saturated rings. The summed E-state index contributed by atoms with van der Waals surface area (Å²) in [5.74, 6) is 0.835. The molecule has 0 amide bonds. The van der Waals surface area contributed by atoms with E-state index in [1.165, 1.54) is 51.4 Å². The molecule has 0 nitrogen and oxygen atoms in total. The summed E-state index contributed by atoms with van der Waals surface area (Å²) in [5.41, 5.74) is 0. The normalized spacial score (nSPS) is 11.8. The third-order valence-corrected chi connectivity index (χ3v) is 3.26. The van der Waals surface area contributed by atoms with E-state index in [-0.39, 0.29) is 0 Å². The molecular formula is C16H30. The molecule has 1 atom stereocenters. The van der Waals surface area contributed by atoms with Gasteiger partial charge in [0, 0.05) is 0 Å². The van der Waals surface area contributed by atoms with Gasteiger partial charge in [-0.3, -0.25) is 0 Å². The maximum atomic E-state index is 3.98. The van der Waals surface area contributed by atoms with Gasteiger partial charge in [-0.15, -0.1) is 0 Å². The van der Waals surface area contributed by atoms with Gasteiger partial charge >= 0.3 is 0 Å². The van der Waals surface area contributed by atoms with Crippen molar-refractivity contribution in [3.05, 3.63) is 26.0 Å². The van der Waals surface area contributed by atoms with Crippen molar-refractivity contribution >= 4 is 0 Å². The van der Waals surface area contributed by atoms with Crippen molar-refractivity contribution in [1.82, 2.24) is 0 Å². The molecule has 0 aromatic heterocycles. The van der Waals surface area contributed by atoms with Gasteiger partial charge in [0.15, 0.2) is 0 Å². The standard InChI is InChI=1S/C16H30/c1-4-7-8-9-10-11-12-13-14-15-16(5-2)6-3/h12-13,16H,1-2,4-11,14-15H2,3H3/b13-12+. The van der Waals surface area contributed by atoms with Crippen LogP contribution in [-0.2, 0) is 0 Å². The highest BCUT2D eigenvalue weighted by molar-refractivity contribution is 4.82. The Balaban J connectivity index is 3.21. The zero-order chi connectivity index (χ0) is 12.1. The summed E-state index contributed by atoms with van der Waals surface area (Å²) in [5, 5.41) is 0. The predicted molar refractivity (Wildman–Crippen MR) is 75.2 cm³/mol. The van der Waals surface area contributed by atoms with Crippen molar-refractivity contribution in [3.8, 4) is 0 Å².